The van der Waals surface area contributed by atoms with Crippen LogP contribution in [0.1, 0.15) is 12.0 Å². The predicted octanol–water partition coefficient (Wildman–Crippen LogP) is 3.35. The molecule has 2 fully saturated rings. The first-order valence-electron chi connectivity index (χ1n) is 12.9. The molecule has 6 rings (SSSR count). The summed E-state index contributed by atoms with van der Waals surface area (Å²) < 4.78 is 0. The van der Waals surface area contributed by atoms with Crippen LogP contribution in [0.3, 0.4) is 0 Å². The third-order valence-corrected chi connectivity index (χ3v) is 9.55. The Morgan fingerprint density at radius 1 is 1.05 bits per heavy atom. The lowest BCUT2D eigenvalue weighted by Gasteiger charge is -2.49. The van der Waals surface area contributed by atoms with E-state index in [-0.39, 0.29) is 34.8 Å². The lowest BCUT2D eigenvalue weighted by Crippen LogP contribution is -2.70. The average Bonchev–Trinajstić information content (AvgIpc) is 3.40. The minimum atomic E-state index is -1.29. The van der Waals surface area contributed by atoms with Crippen LogP contribution < -0.4 is 10.6 Å². The summed E-state index contributed by atoms with van der Waals surface area (Å²) in [7, 11) is 0. The van der Waals surface area contributed by atoms with Gasteiger partial charge in [-0.1, -0.05) is 42.5 Å². The second-order valence-corrected chi connectivity index (χ2v) is 11.9. The highest BCUT2D eigenvalue weighted by Gasteiger charge is 2.54. The Bertz CT molecular complexity index is 1670. The van der Waals surface area contributed by atoms with Crippen LogP contribution in [0.4, 0.5) is 0 Å². The summed E-state index contributed by atoms with van der Waals surface area (Å²) in [6, 6.07) is 19.2. The van der Waals surface area contributed by atoms with E-state index in [4.69, 9.17) is 0 Å². The topological polar surface area (TPSA) is 136 Å². The number of aliphatic carboxylic acids is 1. The number of carboxylic acids is 1. The summed E-state index contributed by atoms with van der Waals surface area (Å²) in [5.41, 5.74) is 1.64. The number of phenols is 1. The molecule has 3 heterocycles. The fourth-order valence-corrected chi connectivity index (χ4v) is 7.46. The molecule has 2 atom stereocenters. The smallest absolute Gasteiger partial charge is 0.352 e. The van der Waals surface area contributed by atoms with Crippen LogP contribution in [0.15, 0.2) is 88.5 Å². The Morgan fingerprint density at radius 2 is 1.80 bits per heavy atom. The fourth-order valence-electron chi connectivity index (χ4n) is 5.35. The predicted molar refractivity (Wildman–Crippen MR) is 157 cm³/mol. The van der Waals surface area contributed by atoms with Crippen molar-refractivity contribution < 1.29 is 29.4 Å². The molecule has 3 aromatic rings. The number of carbonyl (C=O) groups excluding carboxylic acids is 3. The maximum Gasteiger partial charge on any atom is 0.352 e. The Kier molecular flexibility index (Phi) is 7.22. The monoisotopic (exact) mass is 587 g/mol. The number of nitrogens with zero attached hydrogens (tertiary/aromatic N) is 1. The first kappa shape index (κ1) is 27.0. The molecule has 0 radical (unpaired) electrons. The van der Waals surface area contributed by atoms with Gasteiger partial charge in [-0.15, -0.1) is 23.5 Å². The zero-order chi connectivity index (χ0) is 28.7. The number of amides is 3. The van der Waals surface area contributed by atoms with Gasteiger partial charge in [0.05, 0.1) is 5.75 Å². The summed E-state index contributed by atoms with van der Waals surface area (Å²) in [5.74, 6) is -2.03. The molecule has 3 aliphatic heterocycles. The number of rotatable bonds is 7. The van der Waals surface area contributed by atoms with Crippen molar-refractivity contribution in [2.75, 3.05) is 18.1 Å². The molecule has 4 N–H and O–H groups in total. The number of fused-ring (bicyclic) bond motifs is 2. The molecule has 0 bridgehead atoms. The van der Waals surface area contributed by atoms with Crippen LogP contribution in [-0.4, -0.2) is 68.3 Å². The molecule has 208 valence electrons. The Morgan fingerprint density at radius 3 is 2.51 bits per heavy atom. The van der Waals surface area contributed by atoms with Gasteiger partial charge in [0.2, 0.25) is 11.8 Å². The number of carbonyl (C=O) groups is 4. The van der Waals surface area contributed by atoms with Gasteiger partial charge >= 0.3 is 5.97 Å². The molecule has 0 unspecified atom stereocenters. The minimum Gasteiger partial charge on any atom is -0.508 e. The van der Waals surface area contributed by atoms with E-state index in [9.17, 15) is 29.4 Å². The van der Waals surface area contributed by atoms with Crippen molar-refractivity contribution in [2.45, 2.75) is 22.7 Å². The van der Waals surface area contributed by atoms with Gasteiger partial charge in [-0.3, -0.25) is 19.3 Å². The molecule has 0 aliphatic carbocycles. The maximum atomic E-state index is 13.3. The van der Waals surface area contributed by atoms with Crippen molar-refractivity contribution in [1.29, 1.82) is 0 Å². The van der Waals surface area contributed by atoms with Crippen molar-refractivity contribution in [1.82, 2.24) is 15.5 Å². The number of nitrogens with one attached hydrogen (secondary N) is 2. The summed E-state index contributed by atoms with van der Waals surface area (Å²) in [6.45, 7) is 0.426. The molecule has 0 saturated carbocycles. The Balaban J connectivity index is 1.22. The van der Waals surface area contributed by atoms with Crippen molar-refractivity contribution in [3.05, 3.63) is 89.1 Å². The van der Waals surface area contributed by atoms with Crippen LogP contribution in [0.5, 0.6) is 5.75 Å². The van der Waals surface area contributed by atoms with E-state index in [1.165, 1.54) is 40.6 Å². The lowest BCUT2D eigenvalue weighted by molar-refractivity contribution is -0.150. The summed E-state index contributed by atoms with van der Waals surface area (Å²) in [6.07, 6.45) is 0.404. The minimum absolute atomic E-state index is 0.0368. The van der Waals surface area contributed by atoms with Gasteiger partial charge in [0.15, 0.2) is 0 Å². The number of carboxylic acid groups (broad SMARTS) is 1. The SMILES string of the molecule is O=C(CSc1ccc2ccccc2c1)N[C@@H]1C(=O)N2C(C(=O)O)=C(C(=C3CCNC3=O)c3ccc(O)cc3)CS[C@H]12. The van der Waals surface area contributed by atoms with Gasteiger partial charge in [0, 0.05) is 28.3 Å². The van der Waals surface area contributed by atoms with Gasteiger partial charge in [-0.2, -0.15) is 0 Å². The second kappa shape index (κ2) is 11.0. The van der Waals surface area contributed by atoms with Gasteiger partial charge in [0.25, 0.3) is 5.91 Å². The molecule has 9 nitrogen and oxygen atoms in total. The number of allylic oxidation sites excluding steroid dienone is 1. The standard InChI is InChI=1S/C30H25N3O6S2/c34-19-8-5-17(6-9-19)24(21-11-12-31-27(21)36)22-14-41-29-25(28(37)33(29)26(22)30(38)39)32-23(35)15-40-20-10-7-16-3-1-2-4-18(16)13-20/h1-10,13,25,29,34H,11-12,14-15H2,(H,31,36)(H,32,35)(H,38,39)/t25-,29-/m1/s1. The fraction of sp³-hybridized carbons (Fsp3) is 0.200. The molecule has 3 aromatic carbocycles. The first-order valence-corrected chi connectivity index (χ1v) is 15.0. The quantitative estimate of drug-likeness (QED) is 0.188. The molecule has 3 aliphatic rings. The van der Waals surface area contributed by atoms with Crippen LogP contribution >= 0.6 is 23.5 Å². The lowest BCUT2D eigenvalue weighted by atomic mass is 9.89. The van der Waals surface area contributed by atoms with Crippen molar-refractivity contribution in [3.8, 4) is 5.75 Å². The highest BCUT2D eigenvalue weighted by molar-refractivity contribution is 8.00. The molecule has 3 amide bonds. The molecule has 41 heavy (non-hydrogen) atoms. The molecular formula is C30H25N3O6S2. The van der Waals surface area contributed by atoms with Crippen LogP contribution in [0.25, 0.3) is 16.3 Å². The van der Waals surface area contributed by atoms with E-state index < -0.39 is 23.3 Å². The number of β-lactam (4-membered cyclic amide) rings is 1. The largest absolute Gasteiger partial charge is 0.508 e. The van der Waals surface area contributed by atoms with E-state index in [1.54, 1.807) is 12.1 Å². The van der Waals surface area contributed by atoms with Crippen molar-refractivity contribution >= 4 is 63.6 Å². The van der Waals surface area contributed by atoms with Crippen LogP contribution in [0, 0.1) is 0 Å². The van der Waals surface area contributed by atoms with Crippen molar-refractivity contribution in [3.63, 3.8) is 0 Å². The van der Waals surface area contributed by atoms with E-state index in [1.807, 2.05) is 42.5 Å². The zero-order valence-electron chi connectivity index (χ0n) is 21.6. The van der Waals surface area contributed by atoms with Gasteiger partial charge in [0.1, 0.15) is 22.9 Å². The Hall–Kier alpha value is -4.22. The zero-order valence-corrected chi connectivity index (χ0v) is 23.3. The van der Waals surface area contributed by atoms with E-state index >= 15 is 0 Å². The van der Waals surface area contributed by atoms with E-state index in [2.05, 4.69) is 10.6 Å². The van der Waals surface area contributed by atoms with Gasteiger partial charge in [-0.05, 0) is 52.6 Å². The number of phenolic OH excluding ortho intramolecular Hbond substituents is 1. The normalized spacial score (nSPS) is 21.3. The first-order chi connectivity index (χ1) is 19.8. The van der Waals surface area contributed by atoms with Gasteiger partial charge in [-0.25, -0.2) is 4.79 Å². The summed E-state index contributed by atoms with van der Waals surface area (Å²) in [5, 5.41) is 27.2. The van der Waals surface area contributed by atoms with Gasteiger partial charge < -0.3 is 20.8 Å². The maximum absolute atomic E-state index is 13.3. The number of hydrogen-bond donors (Lipinski definition) is 4. The van der Waals surface area contributed by atoms with Crippen LogP contribution in [-0.2, 0) is 19.2 Å². The van der Waals surface area contributed by atoms with Crippen molar-refractivity contribution in [2.24, 2.45) is 0 Å². The highest BCUT2D eigenvalue weighted by Crippen LogP contribution is 2.45. The number of hydrogen-bond acceptors (Lipinski definition) is 7. The van der Waals surface area contributed by atoms with Crippen LogP contribution in [0.2, 0.25) is 0 Å². The average molecular weight is 588 g/mol. The highest BCUT2D eigenvalue weighted by atomic mass is 32.2. The van der Waals surface area contributed by atoms with E-state index in [0.29, 0.717) is 35.2 Å². The second-order valence-electron chi connectivity index (χ2n) is 9.79. The molecule has 2 saturated heterocycles. The Labute approximate surface area is 243 Å². The third kappa shape index (κ3) is 5.07. The summed E-state index contributed by atoms with van der Waals surface area (Å²) >= 11 is 2.71. The molecule has 0 spiro atoms. The number of aromatic hydroxyl groups is 1. The molecule has 0 aromatic heterocycles. The number of benzene rings is 3. The molecular weight excluding hydrogens is 562 g/mol. The number of thioether (sulfide) groups is 2. The third-order valence-electron chi connectivity index (χ3n) is 7.27. The summed E-state index contributed by atoms with van der Waals surface area (Å²) in [4.78, 5) is 53.4. The van der Waals surface area contributed by atoms with E-state index in [0.717, 1.165) is 15.7 Å². The molecule has 11 heteroatoms.